The summed E-state index contributed by atoms with van der Waals surface area (Å²) >= 11 is 3.41. The second kappa shape index (κ2) is 7.93. The van der Waals surface area contributed by atoms with Crippen LogP contribution in [0, 0.1) is 0 Å². The first-order valence-corrected chi connectivity index (χ1v) is 9.32. The maximum atomic E-state index is 12.7. The molecule has 2 aromatic heterocycles. The van der Waals surface area contributed by atoms with E-state index < -0.39 is 17.6 Å². The van der Waals surface area contributed by atoms with Crippen LogP contribution in [0.15, 0.2) is 53.3 Å². The molecule has 7 nitrogen and oxygen atoms in total. The zero-order valence-electron chi connectivity index (χ0n) is 15.6. The SMILES string of the molecule is CC(C)(C)OC(=O)NNC(=O)c1cc(-c2ccc(Br)cc2)nc2ccncc12. The lowest BCUT2D eigenvalue weighted by Gasteiger charge is -2.19. The number of aromatic nitrogens is 2. The van der Waals surface area contributed by atoms with Gasteiger partial charge in [-0.1, -0.05) is 28.1 Å². The Balaban J connectivity index is 1.91. The Kier molecular flexibility index (Phi) is 5.60. The normalized spacial score (nSPS) is 11.1. The Morgan fingerprint density at radius 1 is 1.07 bits per heavy atom. The summed E-state index contributed by atoms with van der Waals surface area (Å²) < 4.78 is 6.07. The van der Waals surface area contributed by atoms with Gasteiger partial charge in [0.25, 0.3) is 5.91 Å². The van der Waals surface area contributed by atoms with Crippen LogP contribution in [0.25, 0.3) is 22.2 Å². The van der Waals surface area contributed by atoms with Crippen LogP contribution in [0.5, 0.6) is 0 Å². The van der Waals surface area contributed by atoms with Crippen molar-refractivity contribution in [2.24, 2.45) is 0 Å². The van der Waals surface area contributed by atoms with Gasteiger partial charge >= 0.3 is 6.09 Å². The van der Waals surface area contributed by atoms with E-state index in [2.05, 4.69) is 36.7 Å². The Bertz CT molecular complexity index is 1030. The van der Waals surface area contributed by atoms with Gasteiger partial charge in [0, 0.05) is 27.8 Å². The number of ether oxygens (including phenoxy) is 1. The first kappa shape index (κ1) is 19.8. The number of fused-ring (bicyclic) bond motifs is 1. The quantitative estimate of drug-likeness (QED) is 0.579. The zero-order chi connectivity index (χ0) is 20.3. The highest BCUT2D eigenvalue weighted by Gasteiger charge is 2.18. The molecule has 0 saturated heterocycles. The second-order valence-corrected chi connectivity index (χ2v) is 7.95. The van der Waals surface area contributed by atoms with Crippen LogP contribution in [0.2, 0.25) is 0 Å². The molecule has 0 fully saturated rings. The van der Waals surface area contributed by atoms with Crippen LogP contribution < -0.4 is 10.9 Å². The number of amides is 2. The van der Waals surface area contributed by atoms with Crippen LogP contribution in [-0.4, -0.2) is 27.6 Å². The van der Waals surface area contributed by atoms with Gasteiger partial charge in [-0.15, -0.1) is 0 Å². The summed E-state index contributed by atoms with van der Waals surface area (Å²) in [6.45, 7) is 5.21. The number of hydrogen-bond acceptors (Lipinski definition) is 5. The highest BCUT2D eigenvalue weighted by Crippen LogP contribution is 2.25. The summed E-state index contributed by atoms with van der Waals surface area (Å²) in [7, 11) is 0. The van der Waals surface area contributed by atoms with Crippen molar-refractivity contribution < 1.29 is 14.3 Å². The molecule has 0 atom stereocenters. The van der Waals surface area contributed by atoms with E-state index in [0.717, 1.165) is 10.0 Å². The van der Waals surface area contributed by atoms with E-state index >= 15 is 0 Å². The van der Waals surface area contributed by atoms with E-state index in [0.29, 0.717) is 22.2 Å². The lowest BCUT2D eigenvalue weighted by atomic mass is 10.1. The summed E-state index contributed by atoms with van der Waals surface area (Å²) in [6, 6.07) is 11.0. The summed E-state index contributed by atoms with van der Waals surface area (Å²) in [5.74, 6) is -0.496. The lowest BCUT2D eigenvalue weighted by molar-refractivity contribution is 0.0483. The van der Waals surface area contributed by atoms with E-state index in [4.69, 9.17) is 4.74 Å². The minimum atomic E-state index is -0.745. The number of halogens is 1. The molecule has 0 unspecified atom stereocenters. The Labute approximate surface area is 170 Å². The minimum Gasteiger partial charge on any atom is -0.443 e. The molecule has 0 saturated carbocycles. The summed E-state index contributed by atoms with van der Waals surface area (Å²) in [5.41, 5.74) is 6.42. The molecule has 0 radical (unpaired) electrons. The topological polar surface area (TPSA) is 93.2 Å². The van der Waals surface area contributed by atoms with Gasteiger partial charge in [0.15, 0.2) is 0 Å². The van der Waals surface area contributed by atoms with Gasteiger partial charge in [-0.3, -0.25) is 15.2 Å². The van der Waals surface area contributed by atoms with Crippen molar-refractivity contribution in [1.82, 2.24) is 20.8 Å². The average Bonchev–Trinajstić information content (AvgIpc) is 2.64. The van der Waals surface area contributed by atoms with Crippen LogP contribution in [0.3, 0.4) is 0 Å². The molecule has 0 spiro atoms. The molecule has 3 rings (SSSR count). The largest absolute Gasteiger partial charge is 0.443 e. The molecule has 2 amide bonds. The van der Waals surface area contributed by atoms with Gasteiger partial charge in [0.2, 0.25) is 0 Å². The van der Waals surface area contributed by atoms with Gasteiger partial charge in [-0.25, -0.2) is 15.2 Å². The van der Waals surface area contributed by atoms with Crippen molar-refractivity contribution in [3.63, 3.8) is 0 Å². The smallest absolute Gasteiger partial charge is 0.426 e. The first-order chi connectivity index (χ1) is 13.2. The van der Waals surface area contributed by atoms with Crippen LogP contribution in [0.4, 0.5) is 4.79 Å². The van der Waals surface area contributed by atoms with Crippen molar-refractivity contribution in [2.75, 3.05) is 0 Å². The van der Waals surface area contributed by atoms with Gasteiger partial charge in [-0.2, -0.15) is 0 Å². The molecule has 0 bridgehead atoms. The molecule has 144 valence electrons. The van der Waals surface area contributed by atoms with Gasteiger partial charge in [0.05, 0.1) is 16.8 Å². The minimum absolute atomic E-state index is 0.340. The van der Waals surface area contributed by atoms with Gasteiger partial charge in [-0.05, 0) is 45.0 Å². The van der Waals surface area contributed by atoms with Crippen molar-refractivity contribution in [2.45, 2.75) is 26.4 Å². The van der Waals surface area contributed by atoms with Crippen LogP contribution in [-0.2, 0) is 4.74 Å². The first-order valence-electron chi connectivity index (χ1n) is 8.53. The highest BCUT2D eigenvalue weighted by atomic mass is 79.9. The molecule has 0 aliphatic rings. The number of hydrogen-bond donors (Lipinski definition) is 2. The number of rotatable bonds is 2. The van der Waals surface area contributed by atoms with E-state index in [1.807, 2.05) is 24.3 Å². The number of pyridine rings is 2. The van der Waals surface area contributed by atoms with Crippen LogP contribution >= 0.6 is 15.9 Å². The molecule has 8 heteroatoms. The molecule has 2 heterocycles. The zero-order valence-corrected chi connectivity index (χ0v) is 17.2. The van der Waals surface area contributed by atoms with Crippen molar-refractivity contribution in [3.05, 3.63) is 58.8 Å². The maximum Gasteiger partial charge on any atom is 0.426 e. The van der Waals surface area contributed by atoms with E-state index in [9.17, 15) is 9.59 Å². The highest BCUT2D eigenvalue weighted by molar-refractivity contribution is 9.10. The Morgan fingerprint density at radius 3 is 2.46 bits per heavy atom. The fraction of sp³-hybridized carbons (Fsp3) is 0.200. The number of benzene rings is 1. The Hall–Kier alpha value is -3.00. The third-order valence-corrected chi connectivity index (χ3v) is 4.20. The van der Waals surface area contributed by atoms with Crippen molar-refractivity contribution in [3.8, 4) is 11.3 Å². The maximum absolute atomic E-state index is 12.7. The van der Waals surface area contributed by atoms with E-state index in [-0.39, 0.29) is 0 Å². The molecule has 0 aliphatic heterocycles. The fourth-order valence-corrected chi connectivity index (χ4v) is 2.77. The molecular formula is C20H19BrN4O3. The van der Waals surface area contributed by atoms with Gasteiger partial charge in [0.1, 0.15) is 5.60 Å². The molecule has 0 aliphatic carbocycles. The van der Waals surface area contributed by atoms with E-state index in [1.165, 1.54) is 0 Å². The van der Waals surface area contributed by atoms with Gasteiger partial charge < -0.3 is 4.74 Å². The monoisotopic (exact) mass is 442 g/mol. The number of carbonyl (C=O) groups excluding carboxylic acids is 2. The summed E-state index contributed by atoms with van der Waals surface area (Å²) in [6.07, 6.45) is 2.43. The number of carbonyl (C=O) groups is 2. The van der Waals surface area contributed by atoms with Crippen molar-refractivity contribution >= 4 is 38.8 Å². The Morgan fingerprint density at radius 2 is 1.79 bits per heavy atom. The standard InChI is InChI=1S/C20H19BrN4O3/c1-20(2,3)28-19(27)25-24-18(26)14-10-17(12-4-6-13(21)7-5-12)23-16-8-9-22-11-15(14)16/h4-11H,1-3H3,(H,24,26)(H,25,27). The average molecular weight is 443 g/mol. The third-order valence-electron chi connectivity index (χ3n) is 3.67. The third kappa shape index (κ3) is 4.83. The predicted octanol–water partition coefficient (Wildman–Crippen LogP) is 4.23. The van der Waals surface area contributed by atoms with Crippen molar-refractivity contribution in [1.29, 1.82) is 0 Å². The summed E-state index contributed by atoms with van der Waals surface area (Å²) in [5, 5.41) is 0.576. The molecule has 2 N–H and O–H groups in total. The lowest BCUT2D eigenvalue weighted by Crippen LogP contribution is -2.44. The van der Waals surface area contributed by atoms with Crippen LogP contribution in [0.1, 0.15) is 31.1 Å². The van der Waals surface area contributed by atoms with E-state index in [1.54, 1.807) is 45.3 Å². The number of hydrazine groups is 1. The second-order valence-electron chi connectivity index (χ2n) is 7.04. The number of nitrogens with zero attached hydrogens (tertiary/aromatic N) is 2. The summed E-state index contributed by atoms with van der Waals surface area (Å²) in [4.78, 5) is 33.2. The molecule has 3 aromatic rings. The molecular weight excluding hydrogens is 424 g/mol. The number of nitrogens with one attached hydrogen (secondary N) is 2. The predicted molar refractivity (Wildman–Crippen MR) is 110 cm³/mol. The molecule has 1 aromatic carbocycles. The fourth-order valence-electron chi connectivity index (χ4n) is 2.50. The molecule has 28 heavy (non-hydrogen) atoms.